The zero-order chi connectivity index (χ0) is 14.5. The van der Waals surface area contributed by atoms with E-state index in [9.17, 15) is 4.79 Å². The first-order valence-electron chi connectivity index (χ1n) is 6.67. The van der Waals surface area contributed by atoms with Gasteiger partial charge in [0.1, 0.15) is 0 Å². The van der Waals surface area contributed by atoms with Crippen LogP contribution in [0.25, 0.3) is 0 Å². The highest BCUT2D eigenvalue weighted by molar-refractivity contribution is 6.30. The first kappa shape index (κ1) is 14.6. The molecular formula is C15H18ClN3O. The van der Waals surface area contributed by atoms with E-state index in [2.05, 4.69) is 10.4 Å². The Morgan fingerprint density at radius 3 is 2.90 bits per heavy atom. The number of benzene rings is 1. The van der Waals surface area contributed by atoms with Gasteiger partial charge in [0.25, 0.3) is 0 Å². The van der Waals surface area contributed by atoms with Crippen LogP contribution in [0, 0.1) is 6.92 Å². The van der Waals surface area contributed by atoms with Gasteiger partial charge < -0.3 is 5.32 Å². The van der Waals surface area contributed by atoms with Crippen LogP contribution in [-0.4, -0.2) is 15.7 Å². The Labute approximate surface area is 123 Å². The molecule has 1 amide bonds. The molecule has 1 aromatic heterocycles. The Hall–Kier alpha value is -1.81. The molecule has 0 aliphatic rings. The third-order valence-electron chi connectivity index (χ3n) is 2.95. The van der Waals surface area contributed by atoms with E-state index < -0.39 is 0 Å². The average Bonchev–Trinajstić information content (AvgIpc) is 2.69. The van der Waals surface area contributed by atoms with Gasteiger partial charge in [0.05, 0.1) is 6.54 Å². The van der Waals surface area contributed by atoms with Crippen molar-refractivity contribution in [3.05, 3.63) is 46.6 Å². The summed E-state index contributed by atoms with van der Waals surface area (Å²) in [7, 11) is 0. The van der Waals surface area contributed by atoms with Crippen molar-refractivity contribution >= 4 is 23.3 Å². The quantitative estimate of drug-likeness (QED) is 0.914. The maximum atomic E-state index is 11.6. The van der Waals surface area contributed by atoms with Crippen LogP contribution < -0.4 is 5.32 Å². The van der Waals surface area contributed by atoms with Crippen LogP contribution in [0.1, 0.15) is 31.0 Å². The van der Waals surface area contributed by atoms with Gasteiger partial charge in [-0.1, -0.05) is 30.7 Å². The number of nitrogens with one attached hydrogen (secondary N) is 1. The van der Waals surface area contributed by atoms with Crippen molar-refractivity contribution in [1.29, 1.82) is 0 Å². The first-order chi connectivity index (χ1) is 9.58. The predicted molar refractivity (Wildman–Crippen MR) is 81.1 cm³/mol. The third-order valence-corrected chi connectivity index (χ3v) is 3.18. The van der Waals surface area contributed by atoms with Gasteiger partial charge in [-0.25, -0.2) is 0 Å². The van der Waals surface area contributed by atoms with Crippen LogP contribution in [0.4, 0.5) is 5.82 Å². The maximum Gasteiger partial charge on any atom is 0.225 e. The minimum absolute atomic E-state index is 0.0000874. The Balaban J connectivity index is 2.09. The molecule has 20 heavy (non-hydrogen) atoms. The van der Waals surface area contributed by atoms with Crippen LogP contribution in [0.5, 0.6) is 0 Å². The molecule has 5 heteroatoms. The normalized spacial score (nSPS) is 10.6. The highest BCUT2D eigenvalue weighted by Gasteiger charge is 2.08. The van der Waals surface area contributed by atoms with E-state index in [1.54, 1.807) is 0 Å². The fraction of sp³-hybridized carbons (Fsp3) is 0.333. The van der Waals surface area contributed by atoms with Crippen LogP contribution in [0.2, 0.25) is 5.02 Å². The van der Waals surface area contributed by atoms with Crippen LogP contribution in [0.3, 0.4) is 0 Å². The fourth-order valence-corrected chi connectivity index (χ4v) is 2.18. The lowest BCUT2D eigenvalue weighted by molar-refractivity contribution is -0.116. The molecule has 0 saturated heterocycles. The van der Waals surface area contributed by atoms with Crippen molar-refractivity contribution in [2.45, 2.75) is 33.2 Å². The van der Waals surface area contributed by atoms with E-state index in [1.807, 2.05) is 48.9 Å². The zero-order valence-electron chi connectivity index (χ0n) is 11.7. The number of carbonyl (C=O) groups excluding carboxylic acids is 1. The lowest BCUT2D eigenvalue weighted by Gasteiger charge is -2.05. The smallest absolute Gasteiger partial charge is 0.225 e. The average molecular weight is 292 g/mol. The monoisotopic (exact) mass is 291 g/mol. The predicted octanol–water partition coefficient (Wildman–Crippen LogP) is 3.63. The van der Waals surface area contributed by atoms with E-state index in [4.69, 9.17) is 11.6 Å². The van der Waals surface area contributed by atoms with E-state index >= 15 is 0 Å². The first-order valence-corrected chi connectivity index (χ1v) is 7.05. The van der Waals surface area contributed by atoms with Crippen molar-refractivity contribution < 1.29 is 4.79 Å². The summed E-state index contributed by atoms with van der Waals surface area (Å²) in [5.74, 6) is 0.600. The minimum Gasteiger partial charge on any atom is -0.309 e. The van der Waals surface area contributed by atoms with Crippen molar-refractivity contribution in [1.82, 2.24) is 9.78 Å². The second-order valence-electron chi connectivity index (χ2n) is 4.76. The van der Waals surface area contributed by atoms with Crippen LogP contribution in [-0.2, 0) is 11.3 Å². The summed E-state index contributed by atoms with van der Waals surface area (Å²) in [6.45, 7) is 4.58. The van der Waals surface area contributed by atoms with Gasteiger partial charge in [-0.3, -0.25) is 9.48 Å². The van der Waals surface area contributed by atoms with E-state index in [-0.39, 0.29) is 5.91 Å². The van der Waals surface area contributed by atoms with Gasteiger partial charge >= 0.3 is 0 Å². The van der Waals surface area contributed by atoms with E-state index in [0.29, 0.717) is 23.8 Å². The number of nitrogens with zero attached hydrogens (tertiary/aromatic N) is 2. The standard InChI is InChI=1S/C15H18ClN3O/c1-3-5-15(20)17-14-8-11(2)19(18-14)10-12-6-4-7-13(16)9-12/h4,6-9H,3,5,10H2,1-2H3,(H,17,18,20). The summed E-state index contributed by atoms with van der Waals surface area (Å²) in [5, 5.41) is 7.91. The Morgan fingerprint density at radius 2 is 2.20 bits per heavy atom. The summed E-state index contributed by atoms with van der Waals surface area (Å²) < 4.78 is 1.85. The highest BCUT2D eigenvalue weighted by Crippen LogP contribution is 2.15. The Bertz CT molecular complexity index is 607. The SMILES string of the molecule is CCCC(=O)Nc1cc(C)n(Cc2cccc(Cl)c2)n1. The summed E-state index contributed by atoms with van der Waals surface area (Å²) in [6.07, 6.45) is 1.34. The molecule has 0 fully saturated rings. The molecule has 4 nitrogen and oxygen atoms in total. The lowest BCUT2D eigenvalue weighted by atomic mass is 10.2. The number of hydrogen-bond donors (Lipinski definition) is 1. The molecule has 1 heterocycles. The summed E-state index contributed by atoms with van der Waals surface area (Å²) in [6, 6.07) is 9.55. The topological polar surface area (TPSA) is 46.9 Å². The molecule has 0 unspecified atom stereocenters. The van der Waals surface area contributed by atoms with Crippen molar-refractivity contribution in [3.63, 3.8) is 0 Å². The van der Waals surface area contributed by atoms with E-state index in [1.165, 1.54) is 0 Å². The number of carbonyl (C=O) groups is 1. The largest absolute Gasteiger partial charge is 0.309 e. The molecule has 2 aromatic rings. The molecule has 0 atom stereocenters. The molecule has 1 N–H and O–H groups in total. The maximum absolute atomic E-state index is 11.6. The third kappa shape index (κ3) is 3.84. The van der Waals surface area contributed by atoms with E-state index in [0.717, 1.165) is 17.7 Å². The molecular weight excluding hydrogens is 274 g/mol. The highest BCUT2D eigenvalue weighted by atomic mass is 35.5. The van der Waals surface area contributed by atoms with Gasteiger partial charge in [0.2, 0.25) is 5.91 Å². The zero-order valence-corrected chi connectivity index (χ0v) is 12.4. The molecule has 0 aliphatic carbocycles. The van der Waals surface area contributed by atoms with Crippen molar-refractivity contribution in [2.24, 2.45) is 0 Å². The molecule has 0 radical (unpaired) electrons. The second-order valence-corrected chi connectivity index (χ2v) is 5.19. The summed E-state index contributed by atoms with van der Waals surface area (Å²) in [5.41, 5.74) is 2.08. The molecule has 0 aliphatic heterocycles. The second kappa shape index (κ2) is 6.57. The molecule has 0 spiro atoms. The fourth-order valence-electron chi connectivity index (χ4n) is 1.97. The molecule has 106 valence electrons. The van der Waals surface area contributed by atoms with Gasteiger partial charge in [-0.2, -0.15) is 5.10 Å². The number of hydrogen-bond acceptors (Lipinski definition) is 2. The number of amides is 1. The van der Waals surface area contributed by atoms with Crippen molar-refractivity contribution in [3.8, 4) is 0 Å². The molecule has 0 saturated carbocycles. The van der Waals surface area contributed by atoms with Gasteiger partial charge in [-0.15, -0.1) is 0 Å². The summed E-state index contributed by atoms with van der Waals surface area (Å²) >= 11 is 5.97. The Morgan fingerprint density at radius 1 is 1.40 bits per heavy atom. The van der Waals surface area contributed by atoms with Gasteiger partial charge in [0.15, 0.2) is 5.82 Å². The van der Waals surface area contributed by atoms with Crippen LogP contribution in [0.15, 0.2) is 30.3 Å². The number of aromatic nitrogens is 2. The molecule has 1 aromatic carbocycles. The van der Waals surface area contributed by atoms with Gasteiger partial charge in [-0.05, 0) is 31.0 Å². The van der Waals surface area contributed by atoms with Crippen LogP contribution >= 0.6 is 11.6 Å². The number of aryl methyl sites for hydroxylation is 1. The van der Waals surface area contributed by atoms with Crippen molar-refractivity contribution in [2.75, 3.05) is 5.32 Å². The molecule has 2 rings (SSSR count). The van der Waals surface area contributed by atoms with Gasteiger partial charge in [0, 0.05) is 23.2 Å². The number of anilines is 1. The number of halogens is 1. The lowest BCUT2D eigenvalue weighted by Crippen LogP contribution is -2.11. The molecule has 0 bridgehead atoms. The number of rotatable bonds is 5. The minimum atomic E-state index is -0.0000874. The Kier molecular flexibility index (Phi) is 4.79. The summed E-state index contributed by atoms with van der Waals surface area (Å²) in [4.78, 5) is 11.6.